The average Bonchev–Trinajstić information content (AvgIpc) is 2.47. The zero-order chi connectivity index (χ0) is 10.1. The Balaban J connectivity index is 2.41. The van der Waals surface area contributed by atoms with E-state index in [1.54, 1.807) is 12.1 Å². The molecule has 3 nitrogen and oxygen atoms in total. The summed E-state index contributed by atoms with van der Waals surface area (Å²) in [6.07, 6.45) is 1.21. The Morgan fingerprint density at radius 1 is 1.07 bits per heavy atom. The minimum atomic E-state index is -0.594. The van der Waals surface area contributed by atoms with E-state index in [1.165, 1.54) is 6.08 Å². The molecule has 1 aromatic carbocycles. The maximum Gasteiger partial charge on any atom is 0.346 e. The third-order valence-electron chi connectivity index (χ3n) is 1.83. The fourth-order valence-electron chi connectivity index (χ4n) is 1.18. The molecule has 1 aromatic rings. The van der Waals surface area contributed by atoms with E-state index < -0.39 is 11.9 Å². The van der Waals surface area contributed by atoms with Gasteiger partial charge in [-0.25, -0.2) is 9.59 Å². The SMILES string of the molecule is O=C1C=C(c2ccc(I)cc2)C(=O)O1. The van der Waals surface area contributed by atoms with Crippen molar-refractivity contribution in [2.45, 2.75) is 0 Å². The Hall–Kier alpha value is -1.17. The Morgan fingerprint density at radius 2 is 1.71 bits per heavy atom. The molecule has 0 bridgehead atoms. The second-order valence-corrected chi connectivity index (χ2v) is 4.02. The summed E-state index contributed by atoms with van der Waals surface area (Å²) in [7, 11) is 0. The van der Waals surface area contributed by atoms with E-state index in [0.717, 1.165) is 3.57 Å². The molecule has 4 heteroatoms. The van der Waals surface area contributed by atoms with Crippen molar-refractivity contribution in [2.75, 3.05) is 0 Å². The molecule has 1 aliphatic heterocycles. The van der Waals surface area contributed by atoms with Crippen LogP contribution in [0, 0.1) is 3.57 Å². The van der Waals surface area contributed by atoms with Crippen LogP contribution < -0.4 is 0 Å². The second kappa shape index (κ2) is 3.53. The quantitative estimate of drug-likeness (QED) is 0.451. The van der Waals surface area contributed by atoms with Crippen LogP contribution in [0.25, 0.3) is 5.57 Å². The number of hydrogen-bond donors (Lipinski definition) is 0. The molecule has 0 atom stereocenters. The van der Waals surface area contributed by atoms with E-state index in [4.69, 9.17) is 0 Å². The molecule has 1 heterocycles. The lowest BCUT2D eigenvalue weighted by Gasteiger charge is -1.98. The van der Waals surface area contributed by atoms with Crippen LogP contribution in [0.5, 0.6) is 0 Å². The molecule has 0 unspecified atom stereocenters. The van der Waals surface area contributed by atoms with Gasteiger partial charge >= 0.3 is 11.9 Å². The van der Waals surface area contributed by atoms with Crippen molar-refractivity contribution in [2.24, 2.45) is 0 Å². The van der Waals surface area contributed by atoms with E-state index in [1.807, 2.05) is 12.1 Å². The van der Waals surface area contributed by atoms with Gasteiger partial charge in [0.15, 0.2) is 0 Å². The van der Waals surface area contributed by atoms with Gasteiger partial charge in [-0.2, -0.15) is 0 Å². The van der Waals surface area contributed by atoms with Crippen molar-refractivity contribution in [3.63, 3.8) is 0 Å². The summed E-state index contributed by atoms with van der Waals surface area (Å²) < 4.78 is 5.46. The standard InChI is InChI=1S/C10H5IO3/c11-7-3-1-6(2-4-7)8-5-9(12)14-10(8)13/h1-5H. The molecule has 1 aliphatic rings. The fraction of sp³-hybridized carbons (Fsp3) is 0. The van der Waals surface area contributed by atoms with Gasteiger partial charge in [0.05, 0.1) is 5.57 Å². The number of ether oxygens (including phenoxy) is 1. The van der Waals surface area contributed by atoms with Crippen molar-refractivity contribution in [3.8, 4) is 0 Å². The highest BCUT2D eigenvalue weighted by atomic mass is 127. The molecule has 0 spiro atoms. The first kappa shape index (κ1) is 9.39. The Morgan fingerprint density at radius 3 is 2.21 bits per heavy atom. The van der Waals surface area contributed by atoms with Crippen LogP contribution in [0.15, 0.2) is 30.3 Å². The third kappa shape index (κ3) is 1.70. The summed E-state index contributed by atoms with van der Waals surface area (Å²) in [5.74, 6) is -1.17. The van der Waals surface area contributed by atoms with Crippen molar-refractivity contribution < 1.29 is 14.3 Å². The normalized spacial score (nSPS) is 15.4. The maximum atomic E-state index is 11.2. The molecule has 0 aromatic heterocycles. The number of carbonyl (C=O) groups excluding carboxylic acids is 2. The molecular weight excluding hydrogens is 295 g/mol. The van der Waals surface area contributed by atoms with Gasteiger partial charge < -0.3 is 4.74 Å². The van der Waals surface area contributed by atoms with Crippen molar-refractivity contribution in [1.82, 2.24) is 0 Å². The minimum Gasteiger partial charge on any atom is -0.386 e. The van der Waals surface area contributed by atoms with E-state index in [9.17, 15) is 9.59 Å². The molecule has 0 fully saturated rings. The predicted molar refractivity (Wildman–Crippen MR) is 58.2 cm³/mol. The van der Waals surface area contributed by atoms with Crippen molar-refractivity contribution in [3.05, 3.63) is 39.5 Å². The molecule has 0 saturated carbocycles. The Kier molecular flexibility index (Phi) is 2.37. The maximum absolute atomic E-state index is 11.2. The Bertz CT molecular complexity index is 431. The number of esters is 2. The van der Waals surface area contributed by atoms with Gasteiger partial charge in [0.1, 0.15) is 0 Å². The number of hydrogen-bond acceptors (Lipinski definition) is 3. The second-order valence-electron chi connectivity index (χ2n) is 2.77. The summed E-state index contributed by atoms with van der Waals surface area (Å²) in [4.78, 5) is 21.9. The number of benzene rings is 1. The van der Waals surface area contributed by atoms with Crippen LogP contribution in [0.1, 0.15) is 5.56 Å². The van der Waals surface area contributed by atoms with Crippen LogP contribution in [0.3, 0.4) is 0 Å². The van der Waals surface area contributed by atoms with Crippen LogP contribution in [0.2, 0.25) is 0 Å². The lowest BCUT2D eigenvalue weighted by molar-refractivity contribution is -0.149. The molecular formula is C10H5IO3. The topological polar surface area (TPSA) is 43.4 Å². The van der Waals surface area contributed by atoms with E-state index >= 15 is 0 Å². The fourth-order valence-corrected chi connectivity index (χ4v) is 1.54. The summed E-state index contributed by atoms with van der Waals surface area (Å²) in [5.41, 5.74) is 1.03. The lowest BCUT2D eigenvalue weighted by atomic mass is 10.1. The number of rotatable bonds is 1. The third-order valence-corrected chi connectivity index (χ3v) is 2.55. The van der Waals surface area contributed by atoms with E-state index in [2.05, 4.69) is 27.3 Å². The molecule has 2 rings (SSSR count). The number of carbonyl (C=O) groups is 2. The molecule has 0 aliphatic carbocycles. The molecule has 70 valence electrons. The van der Waals surface area contributed by atoms with Crippen LogP contribution in [-0.2, 0) is 14.3 Å². The minimum absolute atomic E-state index is 0.325. The highest BCUT2D eigenvalue weighted by molar-refractivity contribution is 14.1. The molecule has 0 saturated heterocycles. The van der Waals surface area contributed by atoms with Crippen molar-refractivity contribution in [1.29, 1.82) is 0 Å². The van der Waals surface area contributed by atoms with Gasteiger partial charge in [0.25, 0.3) is 0 Å². The van der Waals surface area contributed by atoms with E-state index in [0.29, 0.717) is 11.1 Å². The van der Waals surface area contributed by atoms with Crippen molar-refractivity contribution >= 4 is 40.1 Å². The summed E-state index contributed by atoms with van der Waals surface area (Å²) in [6.45, 7) is 0. The summed E-state index contributed by atoms with van der Waals surface area (Å²) in [5, 5.41) is 0. The number of halogens is 1. The highest BCUT2D eigenvalue weighted by Crippen LogP contribution is 2.21. The molecule has 0 radical (unpaired) electrons. The zero-order valence-corrected chi connectivity index (χ0v) is 9.15. The lowest BCUT2D eigenvalue weighted by Crippen LogP contribution is -2.01. The monoisotopic (exact) mass is 300 g/mol. The van der Waals surface area contributed by atoms with Gasteiger partial charge in [-0.15, -0.1) is 0 Å². The van der Waals surface area contributed by atoms with E-state index in [-0.39, 0.29) is 0 Å². The number of cyclic esters (lactones) is 2. The van der Waals surface area contributed by atoms with Gasteiger partial charge in [-0.3, -0.25) is 0 Å². The summed E-state index contributed by atoms with van der Waals surface area (Å²) >= 11 is 2.17. The van der Waals surface area contributed by atoms with Gasteiger partial charge in [0.2, 0.25) is 0 Å². The molecule has 14 heavy (non-hydrogen) atoms. The largest absolute Gasteiger partial charge is 0.386 e. The van der Waals surface area contributed by atoms with Crippen LogP contribution >= 0.6 is 22.6 Å². The summed E-state index contributed by atoms with van der Waals surface area (Å²) in [6, 6.07) is 7.31. The first-order chi connectivity index (χ1) is 6.66. The smallest absolute Gasteiger partial charge is 0.346 e. The predicted octanol–water partition coefficient (Wildman–Crippen LogP) is 1.76. The van der Waals surface area contributed by atoms with Gasteiger partial charge in [-0.05, 0) is 40.3 Å². The van der Waals surface area contributed by atoms with Crippen LogP contribution in [0.4, 0.5) is 0 Å². The average molecular weight is 300 g/mol. The van der Waals surface area contributed by atoms with Crippen LogP contribution in [-0.4, -0.2) is 11.9 Å². The first-order valence-corrected chi connectivity index (χ1v) is 4.98. The Labute approximate surface area is 93.9 Å². The molecule has 0 amide bonds. The van der Waals surface area contributed by atoms with Gasteiger partial charge in [-0.1, -0.05) is 12.1 Å². The first-order valence-electron chi connectivity index (χ1n) is 3.90. The van der Waals surface area contributed by atoms with Gasteiger partial charge in [0, 0.05) is 9.65 Å². The highest BCUT2D eigenvalue weighted by Gasteiger charge is 2.24. The zero-order valence-electron chi connectivity index (χ0n) is 6.99. The molecule has 0 N–H and O–H groups in total.